The van der Waals surface area contributed by atoms with Crippen molar-refractivity contribution in [1.29, 1.82) is 5.41 Å². The predicted octanol–water partition coefficient (Wildman–Crippen LogP) is 2.17. The maximum Gasteiger partial charge on any atom is 0.357 e. The van der Waals surface area contributed by atoms with Crippen molar-refractivity contribution in [1.82, 2.24) is 0 Å². The molecule has 0 heterocycles. The molecule has 1 rings (SSSR count). The lowest BCUT2D eigenvalue weighted by molar-refractivity contribution is -0.134. The lowest BCUT2D eigenvalue weighted by Gasteiger charge is -2.05. The van der Waals surface area contributed by atoms with E-state index in [-0.39, 0.29) is 12.3 Å². The quantitative estimate of drug-likeness (QED) is 0.463. The van der Waals surface area contributed by atoms with Gasteiger partial charge in [-0.1, -0.05) is 36.9 Å². The molecule has 0 aromatic heterocycles. The van der Waals surface area contributed by atoms with Crippen LogP contribution in [-0.4, -0.2) is 18.3 Å². The Bertz CT molecular complexity index is 382. The molecule has 3 nitrogen and oxygen atoms in total. The lowest BCUT2D eigenvalue weighted by Crippen LogP contribution is -2.18. The van der Waals surface area contributed by atoms with E-state index in [2.05, 4.69) is 6.58 Å². The van der Waals surface area contributed by atoms with Crippen LogP contribution >= 0.6 is 0 Å². The summed E-state index contributed by atoms with van der Waals surface area (Å²) in [6.07, 6.45) is 0. The molecule has 1 aromatic carbocycles. The van der Waals surface area contributed by atoms with Crippen LogP contribution in [0.5, 0.6) is 0 Å². The number of nitrogens with one attached hydrogen (secondary N) is 1. The Balaban J connectivity index is 2.62. The van der Waals surface area contributed by atoms with Crippen LogP contribution in [0.3, 0.4) is 0 Å². The highest BCUT2D eigenvalue weighted by atomic mass is 16.5. The van der Waals surface area contributed by atoms with Gasteiger partial charge in [0.25, 0.3) is 0 Å². The first-order valence-corrected chi connectivity index (χ1v) is 4.56. The lowest BCUT2D eigenvalue weighted by atomic mass is 10.1. The third-order valence-electron chi connectivity index (χ3n) is 1.72. The Kier molecular flexibility index (Phi) is 3.80. The maximum atomic E-state index is 11.4. The molecule has 0 atom stereocenters. The molecule has 0 amide bonds. The Hall–Kier alpha value is -1.90. The molecular weight excluding hydrogens is 190 g/mol. The van der Waals surface area contributed by atoms with E-state index in [1.54, 1.807) is 31.2 Å². The van der Waals surface area contributed by atoms with Gasteiger partial charge in [0.15, 0.2) is 0 Å². The largest absolute Gasteiger partial charge is 0.456 e. The third kappa shape index (κ3) is 3.38. The second-order valence-electron chi connectivity index (χ2n) is 3.27. The number of esters is 1. The molecule has 0 spiro atoms. The van der Waals surface area contributed by atoms with Crippen LogP contribution in [0, 0.1) is 5.41 Å². The van der Waals surface area contributed by atoms with Crippen molar-refractivity contribution in [3.63, 3.8) is 0 Å². The van der Waals surface area contributed by atoms with Crippen LogP contribution in [0.15, 0.2) is 42.5 Å². The molecule has 3 heteroatoms. The van der Waals surface area contributed by atoms with Crippen LogP contribution < -0.4 is 0 Å². The molecule has 0 fully saturated rings. The van der Waals surface area contributed by atoms with Gasteiger partial charge < -0.3 is 4.74 Å². The van der Waals surface area contributed by atoms with E-state index in [0.29, 0.717) is 5.56 Å². The summed E-state index contributed by atoms with van der Waals surface area (Å²) < 4.78 is 4.86. The summed E-state index contributed by atoms with van der Waals surface area (Å²) >= 11 is 0. The first kappa shape index (κ1) is 11.2. The molecule has 15 heavy (non-hydrogen) atoms. The monoisotopic (exact) mass is 203 g/mol. The van der Waals surface area contributed by atoms with E-state index >= 15 is 0 Å². The summed E-state index contributed by atoms with van der Waals surface area (Å²) in [5.74, 6) is -0.621. The zero-order chi connectivity index (χ0) is 11.3. The second kappa shape index (κ2) is 5.10. The Morgan fingerprint density at radius 1 is 1.40 bits per heavy atom. The Morgan fingerprint density at radius 2 is 2.00 bits per heavy atom. The van der Waals surface area contributed by atoms with Gasteiger partial charge in [-0.3, -0.25) is 5.41 Å². The smallest absolute Gasteiger partial charge is 0.357 e. The van der Waals surface area contributed by atoms with Crippen LogP contribution in [-0.2, 0) is 9.53 Å². The van der Waals surface area contributed by atoms with E-state index in [1.807, 2.05) is 6.07 Å². The zero-order valence-electron chi connectivity index (χ0n) is 8.62. The number of ether oxygens (including phenoxy) is 1. The summed E-state index contributed by atoms with van der Waals surface area (Å²) in [7, 11) is 0. The van der Waals surface area contributed by atoms with Crippen molar-refractivity contribution in [2.45, 2.75) is 6.92 Å². The summed E-state index contributed by atoms with van der Waals surface area (Å²) in [6, 6.07) is 8.77. The van der Waals surface area contributed by atoms with E-state index in [4.69, 9.17) is 10.1 Å². The van der Waals surface area contributed by atoms with E-state index in [0.717, 1.165) is 5.57 Å². The van der Waals surface area contributed by atoms with Crippen LogP contribution in [0.1, 0.15) is 12.5 Å². The van der Waals surface area contributed by atoms with Crippen LogP contribution in [0.25, 0.3) is 0 Å². The van der Waals surface area contributed by atoms with Crippen molar-refractivity contribution in [2.75, 3.05) is 6.61 Å². The second-order valence-corrected chi connectivity index (χ2v) is 3.27. The minimum atomic E-state index is -0.621. The molecule has 0 saturated carbocycles. The van der Waals surface area contributed by atoms with Crippen molar-refractivity contribution in [3.05, 3.63) is 48.0 Å². The fraction of sp³-hybridized carbons (Fsp3) is 0.167. The van der Waals surface area contributed by atoms with E-state index < -0.39 is 5.97 Å². The molecule has 78 valence electrons. The highest BCUT2D eigenvalue weighted by Gasteiger charge is 2.12. The van der Waals surface area contributed by atoms with Crippen molar-refractivity contribution in [2.24, 2.45) is 0 Å². The van der Waals surface area contributed by atoms with Gasteiger partial charge in [0.1, 0.15) is 12.3 Å². The maximum absolute atomic E-state index is 11.4. The average molecular weight is 203 g/mol. The fourth-order valence-corrected chi connectivity index (χ4v) is 0.984. The molecule has 0 unspecified atom stereocenters. The average Bonchev–Trinajstić information content (AvgIpc) is 2.26. The standard InChI is InChI=1S/C12H13NO2/c1-9(2)8-15-12(14)11(13)10-6-4-3-5-7-10/h3-7,13H,1,8H2,2H3. The molecule has 1 aromatic rings. The van der Waals surface area contributed by atoms with E-state index in [9.17, 15) is 4.79 Å². The van der Waals surface area contributed by atoms with Gasteiger partial charge in [0, 0.05) is 5.56 Å². The topological polar surface area (TPSA) is 50.2 Å². The number of rotatable bonds is 4. The highest BCUT2D eigenvalue weighted by Crippen LogP contribution is 2.02. The Morgan fingerprint density at radius 3 is 2.53 bits per heavy atom. The van der Waals surface area contributed by atoms with Gasteiger partial charge in [-0.15, -0.1) is 0 Å². The number of hydrogen-bond acceptors (Lipinski definition) is 3. The summed E-state index contributed by atoms with van der Waals surface area (Å²) in [6.45, 7) is 5.54. The van der Waals surface area contributed by atoms with Gasteiger partial charge in [-0.25, -0.2) is 4.79 Å². The summed E-state index contributed by atoms with van der Waals surface area (Å²) in [5.41, 5.74) is 1.19. The fourth-order valence-electron chi connectivity index (χ4n) is 0.984. The third-order valence-corrected chi connectivity index (χ3v) is 1.72. The number of hydrogen-bond donors (Lipinski definition) is 1. The first-order valence-electron chi connectivity index (χ1n) is 4.56. The number of carbonyl (C=O) groups is 1. The van der Waals surface area contributed by atoms with Gasteiger partial charge in [-0.2, -0.15) is 0 Å². The van der Waals surface area contributed by atoms with Crippen LogP contribution in [0.4, 0.5) is 0 Å². The van der Waals surface area contributed by atoms with Crippen molar-refractivity contribution < 1.29 is 9.53 Å². The molecule has 0 bridgehead atoms. The minimum absolute atomic E-state index is 0.128. The van der Waals surface area contributed by atoms with Gasteiger partial charge in [0.2, 0.25) is 0 Å². The van der Waals surface area contributed by atoms with Crippen molar-refractivity contribution in [3.8, 4) is 0 Å². The van der Waals surface area contributed by atoms with Gasteiger partial charge in [-0.05, 0) is 12.5 Å². The molecule has 0 aliphatic carbocycles. The van der Waals surface area contributed by atoms with Gasteiger partial charge >= 0.3 is 5.97 Å². The molecule has 0 aliphatic heterocycles. The number of benzene rings is 1. The summed E-state index contributed by atoms with van der Waals surface area (Å²) in [5, 5.41) is 7.58. The van der Waals surface area contributed by atoms with Gasteiger partial charge in [0.05, 0.1) is 0 Å². The Labute approximate surface area is 88.9 Å². The van der Waals surface area contributed by atoms with Crippen LogP contribution in [0.2, 0.25) is 0 Å². The normalized spacial score (nSPS) is 9.40. The number of carbonyl (C=O) groups excluding carboxylic acids is 1. The molecule has 0 saturated heterocycles. The molecule has 0 radical (unpaired) electrons. The SMILES string of the molecule is C=C(C)COC(=O)C(=N)c1ccccc1. The molecule has 1 N–H and O–H groups in total. The van der Waals surface area contributed by atoms with Crippen molar-refractivity contribution >= 4 is 11.7 Å². The molecular formula is C12H13NO2. The summed E-state index contributed by atoms with van der Waals surface area (Å²) in [4.78, 5) is 11.4. The van der Waals surface area contributed by atoms with E-state index in [1.165, 1.54) is 0 Å². The molecule has 0 aliphatic rings. The zero-order valence-corrected chi connectivity index (χ0v) is 8.62. The minimum Gasteiger partial charge on any atom is -0.456 e. The first-order chi connectivity index (χ1) is 7.11. The predicted molar refractivity (Wildman–Crippen MR) is 59.0 cm³/mol. The highest BCUT2D eigenvalue weighted by molar-refractivity contribution is 6.41.